The van der Waals surface area contributed by atoms with Gasteiger partial charge in [-0.3, -0.25) is 10.2 Å². The SMILES string of the molecule is CCCn1cc(C2=CCC(C(=O)NN)CC2)c2ccccc21. The molecule has 3 N–H and O–H groups in total. The fourth-order valence-corrected chi connectivity index (χ4v) is 3.36. The van der Waals surface area contributed by atoms with Crippen molar-refractivity contribution in [1.82, 2.24) is 9.99 Å². The van der Waals surface area contributed by atoms with E-state index in [0.29, 0.717) is 0 Å². The van der Waals surface area contributed by atoms with Crippen LogP contribution in [0.5, 0.6) is 0 Å². The van der Waals surface area contributed by atoms with Crippen molar-refractivity contribution in [3.05, 3.63) is 42.1 Å². The smallest absolute Gasteiger partial charge is 0.237 e. The van der Waals surface area contributed by atoms with Crippen LogP contribution in [0.1, 0.15) is 38.2 Å². The van der Waals surface area contributed by atoms with Crippen LogP contribution in [0.25, 0.3) is 16.5 Å². The van der Waals surface area contributed by atoms with Gasteiger partial charge in [0.2, 0.25) is 5.91 Å². The lowest BCUT2D eigenvalue weighted by Gasteiger charge is -2.20. The number of amides is 1. The third-order valence-electron chi connectivity index (χ3n) is 4.52. The number of hydrogen-bond donors (Lipinski definition) is 2. The summed E-state index contributed by atoms with van der Waals surface area (Å²) in [7, 11) is 0. The highest BCUT2D eigenvalue weighted by Gasteiger charge is 2.22. The number of aryl methyl sites for hydroxylation is 1. The zero-order chi connectivity index (χ0) is 15.5. The molecule has 1 amide bonds. The fraction of sp³-hybridized carbons (Fsp3) is 0.389. The number of para-hydroxylation sites is 1. The summed E-state index contributed by atoms with van der Waals surface area (Å²) in [6.07, 6.45) is 8.16. The summed E-state index contributed by atoms with van der Waals surface area (Å²) in [6, 6.07) is 8.56. The Bertz CT molecular complexity index is 714. The average Bonchev–Trinajstić information content (AvgIpc) is 2.94. The van der Waals surface area contributed by atoms with Crippen molar-refractivity contribution in [1.29, 1.82) is 0 Å². The van der Waals surface area contributed by atoms with Crippen LogP contribution in [0.3, 0.4) is 0 Å². The van der Waals surface area contributed by atoms with Crippen molar-refractivity contribution in [3.8, 4) is 0 Å². The molecule has 0 saturated carbocycles. The largest absolute Gasteiger partial charge is 0.347 e. The molecule has 1 aromatic heterocycles. The first-order chi connectivity index (χ1) is 10.7. The third-order valence-corrected chi connectivity index (χ3v) is 4.52. The van der Waals surface area contributed by atoms with E-state index in [2.05, 4.69) is 53.5 Å². The number of fused-ring (bicyclic) bond motifs is 1. The summed E-state index contributed by atoms with van der Waals surface area (Å²) in [4.78, 5) is 11.6. The predicted octanol–water partition coefficient (Wildman–Crippen LogP) is 3.22. The van der Waals surface area contributed by atoms with Gasteiger partial charge >= 0.3 is 0 Å². The van der Waals surface area contributed by atoms with Crippen LogP contribution in [0.2, 0.25) is 0 Å². The van der Waals surface area contributed by atoms with E-state index in [1.807, 2.05) is 0 Å². The van der Waals surface area contributed by atoms with Gasteiger partial charge in [-0.1, -0.05) is 31.2 Å². The van der Waals surface area contributed by atoms with E-state index >= 15 is 0 Å². The van der Waals surface area contributed by atoms with Crippen molar-refractivity contribution in [2.75, 3.05) is 0 Å². The topological polar surface area (TPSA) is 60.0 Å². The van der Waals surface area contributed by atoms with Crippen LogP contribution in [0.4, 0.5) is 0 Å². The summed E-state index contributed by atoms with van der Waals surface area (Å²) >= 11 is 0. The molecule has 4 heteroatoms. The number of hydrazine groups is 1. The van der Waals surface area contributed by atoms with Gasteiger partial charge in [-0.25, -0.2) is 5.84 Å². The molecule has 0 radical (unpaired) electrons. The lowest BCUT2D eigenvalue weighted by molar-refractivity contribution is -0.125. The Kier molecular flexibility index (Phi) is 4.29. The number of rotatable bonds is 4. The first-order valence-electron chi connectivity index (χ1n) is 8.02. The standard InChI is InChI=1S/C18H23N3O/c1-2-11-21-12-16(15-5-3-4-6-17(15)21)13-7-9-14(10-8-13)18(22)20-19/h3-7,12,14H,2,8-11,19H2,1H3,(H,20,22). The number of nitrogens with zero attached hydrogens (tertiary/aromatic N) is 1. The van der Waals surface area contributed by atoms with Crippen molar-refractivity contribution < 1.29 is 4.79 Å². The van der Waals surface area contributed by atoms with Crippen LogP contribution >= 0.6 is 0 Å². The molecule has 1 unspecified atom stereocenters. The Morgan fingerprint density at radius 2 is 2.23 bits per heavy atom. The van der Waals surface area contributed by atoms with Crippen LogP contribution < -0.4 is 11.3 Å². The molecule has 2 aromatic rings. The van der Waals surface area contributed by atoms with E-state index in [1.165, 1.54) is 22.0 Å². The van der Waals surface area contributed by atoms with E-state index in [0.717, 1.165) is 32.2 Å². The van der Waals surface area contributed by atoms with E-state index < -0.39 is 0 Å². The molecule has 4 nitrogen and oxygen atoms in total. The Morgan fingerprint density at radius 3 is 2.91 bits per heavy atom. The number of aromatic nitrogens is 1. The minimum absolute atomic E-state index is 0.0118. The van der Waals surface area contributed by atoms with Crippen LogP contribution in [0, 0.1) is 5.92 Å². The molecule has 0 spiro atoms. The van der Waals surface area contributed by atoms with Gasteiger partial charge in [-0.2, -0.15) is 0 Å². The van der Waals surface area contributed by atoms with E-state index in [9.17, 15) is 4.79 Å². The van der Waals surface area contributed by atoms with Crippen molar-refractivity contribution >= 4 is 22.4 Å². The highest BCUT2D eigenvalue weighted by atomic mass is 16.2. The zero-order valence-electron chi connectivity index (χ0n) is 13.0. The van der Waals surface area contributed by atoms with Crippen molar-refractivity contribution in [3.63, 3.8) is 0 Å². The molecular formula is C18H23N3O. The Labute approximate surface area is 131 Å². The molecule has 1 aliphatic rings. The molecule has 1 aromatic carbocycles. The van der Waals surface area contributed by atoms with Gasteiger partial charge in [0, 0.05) is 35.1 Å². The second-order valence-electron chi connectivity index (χ2n) is 5.96. The Balaban J connectivity index is 1.94. The highest BCUT2D eigenvalue weighted by molar-refractivity contribution is 5.93. The predicted molar refractivity (Wildman–Crippen MR) is 89.9 cm³/mol. The summed E-state index contributed by atoms with van der Waals surface area (Å²) in [5.41, 5.74) is 6.23. The van der Waals surface area contributed by atoms with Crippen molar-refractivity contribution in [2.45, 2.75) is 39.2 Å². The number of nitrogens with two attached hydrogens (primary N) is 1. The first-order valence-corrected chi connectivity index (χ1v) is 8.02. The molecular weight excluding hydrogens is 274 g/mol. The number of nitrogens with one attached hydrogen (secondary N) is 1. The molecule has 3 rings (SSSR count). The monoisotopic (exact) mass is 297 g/mol. The maximum absolute atomic E-state index is 11.6. The second-order valence-corrected chi connectivity index (χ2v) is 5.96. The number of hydrogen-bond acceptors (Lipinski definition) is 2. The van der Waals surface area contributed by atoms with Gasteiger partial charge in [0.25, 0.3) is 0 Å². The number of carbonyl (C=O) groups excluding carboxylic acids is 1. The molecule has 22 heavy (non-hydrogen) atoms. The number of benzene rings is 1. The second kappa shape index (κ2) is 6.36. The first kappa shape index (κ1) is 14.9. The Hall–Kier alpha value is -2.07. The number of allylic oxidation sites excluding steroid dienone is 2. The minimum atomic E-state index is -0.0521. The molecule has 116 valence electrons. The maximum Gasteiger partial charge on any atom is 0.237 e. The molecule has 1 aliphatic carbocycles. The molecule has 0 bridgehead atoms. The van der Waals surface area contributed by atoms with Crippen LogP contribution in [-0.2, 0) is 11.3 Å². The number of carbonyl (C=O) groups is 1. The molecule has 0 fully saturated rings. The van der Waals surface area contributed by atoms with Gasteiger partial charge in [-0.15, -0.1) is 0 Å². The lowest BCUT2D eigenvalue weighted by atomic mass is 9.86. The fourth-order valence-electron chi connectivity index (χ4n) is 3.36. The van der Waals surface area contributed by atoms with E-state index in [4.69, 9.17) is 5.84 Å². The zero-order valence-corrected chi connectivity index (χ0v) is 13.0. The minimum Gasteiger partial charge on any atom is -0.347 e. The third kappa shape index (κ3) is 2.66. The molecule has 0 saturated heterocycles. The Morgan fingerprint density at radius 1 is 1.41 bits per heavy atom. The summed E-state index contributed by atoms with van der Waals surface area (Å²) in [5, 5.41) is 1.31. The molecule has 1 atom stereocenters. The van der Waals surface area contributed by atoms with Crippen LogP contribution in [0.15, 0.2) is 36.5 Å². The molecule has 1 heterocycles. The summed E-state index contributed by atoms with van der Waals surface area (Å²) < 4.78 is 2.34. The van der Waals surface area contributed by atoms with E-state index in [-0.39, 0.29) is 11.8 Å². The van der Waals surface area contributed by atoms with E-state index in [1.54, 1.807) is 0 Å². The summed E-state index contributed by atoms with van der Waals surface area (Å²) in [5.74, 6) is 5.20. The summed E-state index contributed by atoms with van der Waals surface area (Å²) in [6.45, 7) is 3.23. The lowest BCUT2D eigenvalue weighted by Crippen LogP contribution is -2.36. The van der Waals surface area contributed by atoms with Gasteiger partial charge in [0.1, 0.15) is 0 Å². The quantitative estimate of drug-likeness (QED) is 0.517. The maximum atomic E-state index is 11.6. The van der Waals surface area contributed by atoms with Gasteiger partial charge < -0.3 is 4.57 Å². The molecule has 0 aliphatic heterocycles. The highest BCUT2D eigenvalue weighted by Crippen LogP contribution is 2.35. The van der Waals surface area contributed by atoms with Crippen molar-refractivity contribution in [2.24, 2.45) is 11.8 Å². The van der Waals surface area contributed by atoms with Gasteiger partial charge in [0.15, 0.2) is 0 Å². The average molecular weight is 297 g/mol. The normalized spacial score (nSPS) is 18.3. The van der Waals surface area contributed by atoms with Gasteiger partial charge in [0.05, 0.1) is 0 Å². The van der Waals surface area contributed by atoms with Gasteiger partial charge in [-0.05, 0) is 37.3 Å². The van der Waals surface area contributed by atoms with Crippen LogP contribution in [-0.4, -0.2) is 10.5 Å².